The van der Waals surface area contributed by atoms with Crippen LogP contribution in [0.2, 0.25) is 0 Å². The first kappa shape index (κ1) is 21.6. The van der Waals surface area contributed by atoms with Crippen molar-refractivity contribution in [3.8, 4) is 5.75 Å². The zero-order valence-corrected chi connectivity index (χ0v) is 17.5. The molecule has 5 heteroatoms. The predicted octanol–water partition coefficient (Wildman–Crippen LogP) is 3.91. The molecule has 0 aliphatic carbocycles. The summed E-state index contributed by atoms with van der Waals surface area (Å²) in [5, 5.41) is 3.29. The van der Waals surface area contributed by atoms with Crippen LogP contribution in [0, 0.1) is 20.8 Å². The lowest BCUT2D eigenvalue weighted by atomic mass is 9.91. The molecule has 2 aromatic rings. The summed E-state index contributed by atoms with van der Waals surface area (Å²) in [5.41, 5.74) is 3.69. The molecule has 1 N–H and O–H groups in total. The molecular formula is C23H29NO4. The van der Waals surface area contributed by atoms with E-state index in [1.54, 1.807) is 13.8 Å². The van der Waals surface area contributed by atoms with Crippen molar-refractivity contribution in [1.29, 1.82) is 0 Å². The monoisotopic (exact) mass is 383 g/mol. The molecule has 1 unspecified atom stereocenters. The normalized spacial score (nSPS) is 12.9. The molecule has 0 radical (unpaired) electrons. The van der Waals surface area contributed by atoms with Crippen molar-refractivity contribution >= 4 is 11.8 Å². The molecule has 0 aromatic heterocycles. The van der Waals surface area contributed by atoms with Crippen LogP contribution in [0.1, 0.15) is 46.5 Å². The van der Waals surface area contributed by atoms with E-state index in [4.69, 9.17) is 9.47 Å². The number of para-hydroxylation sites is 1. The molecule has 1 atom stereocenters. The highest BCUT2D eigenvalue weighted by atomic mass is 16.5. The highest BCUT2D eigenvalue weighted by Crippen LogP contribution is 2.24. The molecule has 0 aliphatic heterocycles. The van der Waals surface area contributed by atoms with Gasteiger partial charge in [-0.1, -0.05) is 24.3 Å². The van der Waals surface area contributed by atoms with E-state index in [0.29, 0.717) is 12.3 Å². The fraction of sp³-hybridized carbons (Fsp3) is 0.391. The number of aryl methyl sites for hydroxylation is 2. The maximum atomic E-state index is 12.5. The molecule has 28 heavy (non-hydrogen) atoms. The molecule has 2 rings (SSSR count). The first-order valence-corrected chi connectivity index (χ1v) is 9.31. The number of ketones is 1. The van der Waals surface area contributed by atoms with Gasteiger partial charge in [0.15, 0.2) is 5.78 Å². The van der Waals surface area contributed by atoms with Gasteiger partial charge in [-0.05, 0) is 69.0 Å². The molecule has 0 fully saturated rings. The van der Waals surface area contributed by atoms with E-state index in [1.807, 2.05) is 57.2 Å². The van der Waals surface area contributed by atoms with Gasteiger partial charge in [0.1, 0.15) is 17.9 Å². The van der Waals surface area contributed by atoms with E-state index in [1.165, 1.54) is 7.11 Å². The Hall–Kier alpha value is -2.66. The first-order valence-electron chi connectivity index (χ1n) is 9.31. The Morgan fingerprint density at radius 2 is 1.71 bits per heavy atom. The van der Waals surface area contributed by atoms with Crippen LogP contribution in [0.15, 0.2) is 36.4 Å². The van der Waals surface area contributed by atoms with Gasteiger partial charge in [-0.2, -0.15) is 0 Å². The Morgan fingerprint density at radius 1 is 1.07 bits per heavy atom. The number of ether oxygens (including phenoxy) is 2. The van der Waals surface area contributed by atoms with E-state index < -0.39 is 11.5 Å². The molecule has 2 aromatic carbocycles. The van der Waals surface area contributed by atoms with Crippen LogP contribution >= 0.6 is 0 Å². The zero-order valence-electron chi connectivity index (χ0n) is 17.5. The van der Waals surface area contributed by atoms with Gasteiger partial charge in [-0.15, -0.1) is 0 Å². The van der Waals surface area contributed by atoms with Gasteiger partial charge in [-0.3, -0.25) is 10.1 Å². The molecule has 0 aliphatic rings. The summed E-state index contributed by atoms with van der Waals surface area (Å²) in [4.78, 5) is 24.5. The number of Topliss-reactive ketones (excluding diaryl/α,β-unsaturated/α-hetero) is 1. The van der Waals surface area contributed by atoms with Crippen LogP contribution in [-0.4, -0.2) is 31.0 Å². The summed E-state index contributed by atoms with van der Waals surface area (Å²) in [5.74, 6) is 0.318. The molecular weight excluding hydrogens is 354 g/mol. The number of rotatable bonds is 8. The summed E-state index contributed by atoms with van der Waals surface area (Å²) >= 11 is 0. The maximum absolute atomic E-state index is 12.5. The van der Waals surface area contributed by atoms with Gasteiger partial charge in [0.25, 0.3) is 0 Å². The van der Waals surface area contributed by atoms with Gasteiger partial charge >= 0.3 is 5.97 Å². The summed E-state index contributed by atoms with van der Waals surface area (Å²) in [6.07, 6.45) is 0. The van der Waals surface area contributed by atoms with Crippen molar-refractivity contribution in [1.82, 2.24) is 5.32 Å². The topological polar surface area (TPSA) is 64.6 Å². The van der Waals surface area contributed by atoms with Gasteiger partial charge in [-0.25, -0.2) is 4.79 Å². The van der Waals surface area contributed by atoms with Crippen molar-refractivity contribution in [2.24, 2.45) is 0 Å². The third-order valence-corrected chi connectivity index (χ3v) is 5.05. The van der Waals surface area contributed by atoms with Crippen molar-refractivity contribution < 1.29 is 19.1 Å². The molecule has 150 valence electrons. The quantitative estimate of drug-likeness (QED) is 0.553. The SMILES string of the molecule is COC(=O)C(C)(COc1ccccc1)NCc1c(C)cc(C)c(C(C)=O)c1C. The Bertz CT molecular complexity index is 861. The Balaban J connectivity index is 2.25. The third-order valence-electron chi connectivity index (χ3n) is 5.05. The zero-order chi connectivity index (χ0) is 20.9. The van der Waals surface area contributed by atoms with Gasteiger partial charge in [0, 0.05) is 12.1 Å². The van der Waals surface area contributed by atoms with Gasteiger partial charge in [0.2, 0.25) is 0 Å². The summed E-state index contributed by atoms with van der Waals surface area (Å²) in [6, 6.07) is 11.3. The van der Waals surface area contributed by atoms with Crippen LogP contribution in [0.25, 0.3) is 0 Å². The second kappa shape index (κ2) is 9.02. The fourth-order valence-electron chi connectivity index (χ4n) is 3.48. The number of hydrogen-bond donors (Lipinski definition) is 1. The number of esters is 1. The van der Waals surface area contributed by atoms with Gasteiger partial charge in [0.05, 0.1) is 7.11 Å². The van der Waals surface area contributed by atoms with Crippen molar-refractivity contribution in [3.63, 3.8) is 0 Å². The number of nitrogens with one attached hydrogen (secondary N) is 1. The summed E-state index contributed by atoms with van der Waals surface area (Å²) in [6.45, 7) is 9.77. The van der Waals surface area contributed by atoms with Crippen molar-refractivity contribution in [3.05, 3.63) is 64.2 Å². The second-order valence-electron chi connectivity index (χ2n) is 7.32. The van der Waals surface area contributed by atoms with Crippen LogP contribution in [-0.2, 0) is 16.1 Å². The molecule has 0 saturated heterocycles. The minimum absolute atomic E-state index is 0.0411. The fourth-order valence-corrected chi connectivity index (χ4v) is 3.48. The van der Waals surface area contributed by atoms with Gasteiger partial charge < -0.3 is 9.47 Å². The van der Waals surface area contributed by atoms with Crippen LogP contribution in [0.4, 0.5) is 0 Å². The Morgan fingerprint density at radius 3 is 2.29 bits per heavy atom. The minimum Gasteiger partial charge on any atom is -0.491 e. The lowest BCUT2D eigenvalue weighted by Gasteiger charge is -2.29. The lowest BCUT2D eigenvalue weighted by molar-refractivity contribution is -0.149. The molecule has 0 heterocycles. The minimum atomic E-state index is -1.04. The number of hydrogen-bond acceptors (Lipinski definition) is 5. The molecule has 0 spiro atoms. The number of carbonyl (C=O) groups is 2. The molecule has 5 nitrogen and oxygen atoms in total. The van der Waals surface area contributed by atoms with E-state index in [9.17, 15) is 9.59 Å². The van der Waals surface area contributed by atoms with Crippen LogP contribution in [0.3, 0.4) is 0 Å². The van der Waals surface area contributed by atoms with E-state index in [2.05, 4.69) is 5.32 Å². The summed E-state index contributed by atoms with van der Waals surface area (Å²) < 4.78 is 10.8. The number of methoxy groups -OCH3 is 1. The highest BCUT2D eigenvalue weighted by molar-refractivity contribution is 5.97. The van der Waals surface area contributed by atoms with Crippen LogP contribution in [0.5, 0.6) is 5.75 Å². The number of benzene rings is 2. The maximum Gasteiger partial charge on any atom is 0.329 e. The number of carbonyl (C=O) groups excluding carboxylic acids is 2. The average Bonchev–Trinajstić information content (AvgIpc) is 2.65. The Labute approximate surface area is 167 Å². The van der Waals surface area contributed by atoms with E-state index in [-0.39, 0.29) is 12.4 Å². The van der Waals surface area contributed by atoms with Crippen LogP contribution < -0.4 is 10.1 Å². The largest absolute Gasteiger partial charge is 0.491 e. The lowest BCUT2D eigenvalue weighted by Crippen LogP contribution is -2.54. The second-order valence-corrected chi connectivity index (χ2v) is 7.32. The summed E-state index contributed by atoms with van der Waals surface area (Å²) in [7, 11) is 1.36. The Kier molecular flexibility index (Phi) is 6.97. The van der Waals surface area contributed by atoms with Crippen molar-refractivity contribution in [2.75, 3.05) is 13.7 Å². The van der Waals surface area contributed by atoms with E-state index >= 15 is 0 Å². The van der Waals surface area contributed by atoms with E-state index in [0.717, 1.165) is 27.8 Å². The molecule has 0 bridgehead atoms. The smallest absolute Gasteiger partial charge is 0.329 e. The standard InChI is InChI=1S/C23H29NO4/c1-15-12-16(2)21(18(4)25)17(3)20(15)13-24-23(5,22(26)27-6)14-28-19-10-8-7-9-11-19/h7-12,24H,13-14H2,1-6H3. The van der Waals surface area contributed by atoms with Crippen molar-refractivity contribution in [2.45, 2.75) is 46.7 Å². The third kappa shape index (κ3) is 4.78. The predicted molar refractivity (Wildman–Crippen MR) is 110 cm³/mol. The first-order chi connectivity index (χ1) is 13.2. The highest BCUT2D eigenvalue weighted by Gasteiger charge is 2.35. The molecule has 0 amide bonds. The molecule has 0 saturated carbocycles. The average molecular weight is 383 g/mol.